The van der Waals surface area contributed by atoms with E-state index < -0.39 is 35.8 Å². The van der Waals surface area contributed by atoms with Crippen LogP contribution in [0.5, 0.6) is 0 Å². The Kier molecular flexibility index (Phi) is 7.56. The van der Waals surface area contributed by atoms with Gasteiger partial charge in [-0.05, 0) is 19.4 Å². The van der Waals surface area contributed by atoms with Crippen molar-refractivity contribution in [1.82, 2.24) is 0 Å². The molecule has 0 rings (SSSR count). The molecule has 0 fully saturated rings. The Morgan fingerprint density at radius 3 is 2.57 bits per heavy atom. The minimum absolute atomic E-state index is 0.0680. The summed E-state index contributed by atoms with van der Waals surface area (Å²) in [6, 6.07) is 0. The number of esters is 2. The van der Waals surface area contributed by atoms with Gasteiger partial charge in [-0.3, -0.25) is 9.59 Å². The molecule has 0 saturated carbocycles. The number of azide groups is 1. The van der Waals surface area contributed by atoms with Gasteiger partial charge in [0.1, 0.15) is 6.61 Å². The van der Waals surface area contributed by atoms with Crippen LogP contribution in [0, 0.1) is 5.41 Å². The first-order chi connectivity index (χ1) is 9.74. The Hall–Kier alpha value is -2.54. The summed E-state index contributed by atoms with van der Waals surface area (Å²) in [4.78, 5) is 36.7. The molecule has 0 heterocycles. The summed E-state index contributed by atoms with van der Waals surface area (Å²) in [5.41, 5.74) is 7.02. The monoisotopic (exact) mass is 299 g/mol. The number of ether oxygens (including phenoxy) is 2. The van der Waals surface area contributed by atoms with Gasteiger partial charge in [0.2, 0.25) is 6.10 Å². The number of rotatable bonds is 9. The molecule has 116 valence electrons. The van der Waals surface area contributed by atoms with Crippen LogP contribution in [0.4, 0.5) is 0 Å². The quantitative estimate of drug-likeness (QED) is 0.225. The maximum absolute atomic E-state index is 11.8. The fourth-order valence-electron chi connectivity index (χ4n) is 1.10. The Labute approximate surface area is 121 Å². The highest BCUT2D eigenvalue weighted by Gasteiger charge is 2.34. The van der Waals surface area contributed by atoms with Gasteiger partial charge in [0, 0.05) is 11.5 Å². The zero-order valence-corrected chi connectivity index (χ0v) is 11.8. The standard InChI is InChI=1S/C12H17N3O6/c1-4-5-20-9(16)6-8(10(17)18)21-11(19)12(2,3)7-14-15-13/h4,8H,1,5-7H2,2-3H3,(H,17,18)/t8-/m0/s1. The lowest BCUT2D eigenvalue weighted by atomic mass is 9.94. The second kappa shape index (κ2) is 8.60. The highest BCUT2D eigenvalue weighted by Crippen LogP contribution is 2.20. The number of carboxylic acid groups (broad SMARTS) is 1. The zero-order valence-electron chi connectivity index (χ0n) is 11.8. The van der Waals surface area contributed by atoms with E-state index in [0.29, 0.717) is 0 Å². The van der Waals surface area contributed by atoms with Gasteiger partial charge in [-0.2, -0.15) is 0 Å². The molecular formula is C12H17N3O6. The number of hydrogen-bond donors (Lipinski definition) is 1. The van der Waals surface area contributed by atoms with E-state index in [2.05, 4.69) is 21.3 Å². The molecule has 0 aliphatic rings. The smallest absolute Gasteiger partial charge is 0.345 e. The molecule has 21 heavy (non-hydrogen) atoms. The first-order valence-corrected chi connectivity index (χ1v) is 5.96. The molecule has 0 aromatic heterocycles. The van der Waals surface area contributed by atoms with Crippen LogP contribution in [0.1, 0.15) is 20.3 Å². The fourth-order valence-corrected chi connectivity index (χ4v) is 1.10. The highest BCUT2D eigenvalue weighted by atomic mass is 16.6. The van der Waals surface area contributed by atoms with Gasteiger partial charge in [-0.1, -0.05) is 17.8 Å². The molecule has 1 atom stereocenters. The largest absolute Gasteiger partial charge is 0.478 e. The van der Waals surface area contributed by atoms with Gasteiger partial charge < -0.3 is 14.6 Å². The lowest BCUT2D eigenvalue weighted by Gasteiger charge is -2.22. The van der Waals surface area contributed by atoms with Crippen molar-refractivity contribution in [3.63, 3.8) is 0 Å². The molecular weight excluding hydrogens is 282 g/mol. The number of nitrogens with zero attached hydrogens (tertiary/aromatic N) is 3. The predicted octanol–water partition coefficient (Wildman–Crippen LogP) is 1.44. The van der Waals surface area contributed by atoms with Crippen LogP contribution in [0.25, 0.3) is 10.4 Å². The Balaban J connectivity index is 4.73. The second-order valence-electron chi connectivity index (χ2n) is 4.68. The lowest BCUT2D eigenvalue weighted by Crippen LogP contribution is -2.37. The SMILES string of the molecule is C=CCOC(=O)C[C@H](OC(=O)C(C)(C)CN=[N+]=[N-])C(=O)O. The highest BCUT2D eigenvalue weighted by molar-refractivity contribution is 5.84. The number of hydrogen-bond acceptors (Lipinski definition) is 6. The molecule has 0 aliphatic carbocycles. The Morgan fingerprint density at radius 2 is 2.10 bits per heavy atom. The van der Waals surface area contributed by atoms with Crippen LogP contribution in [0.15, 0.2) is 17.8 Å². The molecule has 1 N–H and O–H groups in total. The van der Waals surface area contributed by atoms with Crippen LogP contribution < -0.4 is 0 Å². The van der Waals surface area contributed by atoms with Gasteiger partial charge >= 0.3 is 17.9 Å². The molecule has 0 aliphatic heterocycles. The van der Waals surface area contributed by atoms with Crippen molar-refractivity contribution >= 4 is 17.9 Å². The molecule has 0 unspecified atom stereocenters. The summed E-state index contributed by atoms with van der Waals surface area (Å²) < 4.78 is 9.40. The normalized spacial score (nSPS) is 11.7. The van der Waals surface area contributed by atoms with Gasteiger partial charge in [0.25, 0.3) is 0 Å². The van der Waals surface area contributed by atoms with Crippen LogP contribution in [0.2, 0.25) is 0 Å². The van der Waals surface area contributed by atoms with Crippen molar-refractivity contribution in [1.29, 1.82) is 0 Å². The summed E-state index contributed by atoms with van der Waals surface area (Å²) in [7, 11) is 0. The zero-order chi connectivity index (χ0) is 16.5. The summed E-state index contributed by atoms with van der Waals surface area (Å²) in [6.07, 6.45) is -0.963. The third-order valence-electron chi connectivity index (χ3n) is 2.32. The molecule has 0 saturated heterocycles. The van der Waals surface area contributed by atoms with Crippen molar-refractivity contribution in [2.45, 2.75) is 26.4 Å². The van der Waals surface area contributed by atoms with E-state index in [1.165, 1.54) is 19.9 Å². The predicted molar refractivity (Wildman–Crippen MR) is 71.1 cm³/mol. The van der Waals surface area contributed by atoms with Crippen LogP contribution in [-0.2, 0) is 23.9 Å². The number of aliphatic carboxylic acids is 1. The van der Waals surface area contributed by atoms with Crippen molar-refractivity contribution in [2.75, 3.05) is 13.2 Å². The van der Waals surface area contributed by atoms with Crippen molar-refractivity contribution in [2.24, 2.45) is 10.5 Å². The van der Waals surface area contributed by atoms with Crippen molar-refractivity contribution < 1.29 is 29.0 Å². The van der Waals surface area contributed by atoms with Crippen molar-refractivity contribution in [3.8, 4) is 0 Å². The third-order valence-corrected chi connectivity index (χ3v) is 2.32. The average Bonchev–Trinajstić information content (AvgIpc) is 2.41. The third kappa shape index (κ3) is 6.98. The average molecular weight is 299 g/mol. The van der Waals surface area contributed by atoms with E-state index >= 15 is 0 Å². The van der Waals surface area contributed by atoms with E-state index in [0.717, 1.165) is 0 Å². The molecule has 0 spiro atoms. The van der Waals surface area contributed by atoms with E-state index in [4.69, 9.17) is 15.4 Å². The number of carbonyl (C=O) groups excluding carboxylic acids is 2. The van der Waals surface area contributed by atoms with Crippen LogP contribution >= 0.6 is 0 Å². The first kappa shape index (κ1) is 18.5. The van der Waals surface area contributed by atoms with E-state index in [-0.39, 0.29) is 13.2 Å². The van der Waals surface area contributed by atoms with Crippen LogP contribution in [-0.4, -0.2) is 42.3 Å². The molecule has 9 heteroatoms. The molecule has 0 aromatic carbocycles. The van der Waals surface area contributed by atoms with E-state index in [1.54, 1.807) is 0 Å². The maximum Gasteiger partial charge on any atom is 0.345 e. The van der Waals surface area contributed by atoms with Gasteiger partial charge in [-0.15, -0.1) is 0 Å². The maximum atomic E-state index is 11.8. The molecule has 0 radical (unpaired) electrons. The Morgan fingerprint density at radius 1 is 1.48 bits per heavy atom. The van der Waals surface area contributed by atoms with Crippen molar-refractivity contribution in [3.05, 3.63) is 23.1 Å². The molecule has 9 nitrogen and oxygen atoms in total. The lowest BCUT2D eigenvalue weighted by molar-refractivity contribution is -0.173. The summed E-state index contributed by atoms with van der Waals surface area (Å²) in [5.74, 6) is -3.19. The summed E-state index contributed by atoms with van der Waals surface area (Å²) in [6.45, 7) is 5.93. The summed E-state index contributed by atoms with van der Waals surface area (Å²) >= 11 is 0. The molecule has 0 amide bonds. The number of carboxylic acids is 1. The van der Waals surface area contributed by atoms with Gasteiger partial charge in [0.05, 0.1) is 11.8 Å². The summed E-state index contributed by atoms with van der Waals surface area (Å²) in [5, 5.41) is 12.2. The van der Waals surface area contributed by atoms with Gasteiger partial charge in [-0.25, -0.2) is 4.79 Å². The fraction of sp³-hybridized carbons (Fsp3) is 0.583. The van der Waals surface area contributed by atoms with E-state index in [1.807, 2.05) is 0 Å². The minimum Gasteiger partial charge on any atom is -0.478 e. The second-order valence-corrected chi connectivity index (χ2v) is 4.68. The van der Waals surface area contributed by atoms with E-state index in [9.17, 15) is 14.4 Å². The molecule has 0 bridgehead atoms. The topological polar surface area (TPSA) is 139 Å². The molecule has 0 aromatic rings. The first-order valence-electron chi connectivity index (χ1n) is 5.96. The van der Waals surface area contributed by atoms with Crippen LogP contribution in [0.3, 0.4) is 0 Å². The van der Waals surface area contributed by atoms with Gasteiger partial charge in [0.15, 0.2) is 0 Å². The Bertz CT molecular complexity index is 468. The number of carbonyl (C=O) groups is 3. The minimum atomic E-state index is -1.67.